The van der Waals surface area contributed by atoms with E-state index in [1.165, 1.54) is 6.07 Å². The van der Waals surface area contributed by atoms with Gasteiger partial charge in [-0.1, -0.05) is 6.07 Å². The first kappa shape index (κ1) is 13.1. The minimum absolute atomic E-state index is 0.249. The molecule has 94 valence electrons. The lowest BCUT2D eigenvalue weighted by molar-refractivity contribution is -0.142. The van der Waals surface area contributed by atoms with Crippen molar-refractivity contribution >= 4 is 28.9 Å². The van der Waals surface area contributed by atoms with Crippen LogP contribution >= 0.6 is 22.6 Å². The Hall–Kier alpha value is -1.38. The molecule has 1 aromatic carbocycles. The van der Waals surface area contributed by atoms with Crippen LogP contribution in [0.4, 0.5) is 13.2 Å². The van der Waals surface area contributed by atoms with E-state index in [4.69, 9.17) is 0 Å². The predicted molar refractivity (Wildman–Crippen MR) is 66.7 cm³/mol. The van der Waals surface area contributed by atoms with Crippen molar-refractivity contribution in [3.8, 4) is 5.69 Å². The fraction of sp³-hybridized carbons (Fsp3) is 0.0909. The minimum atomic E-state index is -4.56. The van der Waals surface area contributed by atoms with Crippen LogP contribution in [0.2, 0.25) is 0 Å². The third-order valence-electron chi connectivity index (χ3n) is 2.19. The quantitative estimate of drug-likeness (QED) is 0.604. The van der Waals surface area contributed by atoms with Gasteiger partial charge in [0.25, 0.3) is 0 Å². The molecule has 2 rings (SSSR count). The summed E-state index contributed by atoms with van der Waals surface area (Å²) in [5.41, 5.74) is -0.949. The summed E-state index contributed by atoms with van der Waals surface area (Å²) in [5.74, 6) is 0. The average molecular weight is 366 g/mol. The Labute approximate surface area is 114 Å². The number of aromatic nitrogens is 2. The summed E-state index contributed by atoms with van der Waals surface area (Å²) < 4.78 is 39.9. The second-order valence-electron chi connectivity index (χ2n) is 3.46. The maximum absolute atomic E-state index is 12.8. The van der Waals surface area contributed by atoms with Crippen molar-refractivity contribution in [2.45, 2.75) is 6.18 Å². The highest BCUT2D eigenvalue weighted by molar-refractivity contribution is 14.1. The van der Waals surface area contributed by atoms with E-state index in [9.17, 15) is 18.0 Å². The van der Waals surface area contributed by atoms with E-state index in [0.717, 1.165) is 14.3 Å². The van der Waals surface area contributed by atoms with Crippen LogP contribution in [0.1, 0.15) is 16.2 Å². The van der Waals surface area contributed by atoms with Gasteiger partial charge >= 0.3 is 6.18 Å². The highest BCUT2D eigenvalue weighted by atomic mass is 127. The zero-order valence-corrected chi connectivity index (χ0v) is 10.9. The largest absolute Gasteiger partial charge is 0.433 e. The van der Waals surface area contributed by atoms with Crippen LogP contribution in [0, 0.1) is 3.57 Å². The maximum atomic E-state index is 12.8. The Morgan fingerprint density at radius 1 is 1.28 bits per heavy atom. The Kier molecular flexibility index (Phi) is 3.42. The molecule has 7 heteroatoms. The van der Waals surface area contributed by atoms with Gasteiger partial charge < -0.3 is 0 Å². The SMILES string of the molecule is O=Cc1cc(C(F)(F)F)n(-c2cccc(I)c2)n1. The summed E-state index contributed by atoms with van der Waals surface area (Å²) in [5, 5.41) is 3.63. The van der Waals surface area contributed by atoms with E-state index in [0.29, 0.717) is 6.29 Å². The van der Waals surface area contributed by atoms with E-state index in [2.05, 4.69) is 5.10 Å². The van der Waals surface area contributed by atoms with Gasteiger partial charge in [0, 0.05) is 3.57 Å². The molecule has 1 heterocycles. The Bertz CT molecular complexity index is 592. The Morgan fingerprint density at radius 2 is 2.00 bits per heavy atom. The third-order valence-corrected chi connectivity index (χ3v) is 2.86. The van der Waals surface area contributed by atoms with Crippen molar-refractivity contribution in [1.82, 2.24) is 9.78 Å². The fourth-order valence-electron chi connectivity index (χ4n) is 1.46. The van der Waals surface area contributed by atoms with Gasteiger partial charge in [-0.05, 0) is 46.9 Å². The number of hydrogen-bond acceptors (Lipinski definition) is 2. The van der Waals surface area contributed by atoms with Gasteiger partial charge in [0.15, 0.2) is 6.29 Å². The standard InChI is InChI=1S/C11H6F3IN2O/c12-11(13,14)10-5-8(6-18)16-17(10)9-3-1-2-7(15)4-9/h1-6H. The van der Waals surface area contributed by atoms with Crippen LogP contribution in [-0.4, -0.2) is 16.1 Å². The molecule has 0 radical (unpaired) electrons. The molecule has 0 aliphatic carbocycles. The number of rotatable bonds is 2. The van der Waals surface area contributed by atoms with Crippen molar-refractivity contribution in [2.75, 3.05) is 0 Å². The normalized spacial score (nSPS) is 11.6. The Balaban J connectivity index is 2.63. The summed E-state index contributed by atoms with van der Waals surface area (Å²) in [7, 11) is 0. The van der Waals surface area contributed by atoms with Gasteiger partial charge in [0.05, 0.1) is 5.69 Å². The average Bonchev–Trinajstić information content (AvgIpc) is 2.72. The van der Waals surface area contributed by atoms with Crippen LogP contribution in [-0.2, 0) is 6.18 Å². The van der Waals surface area contributed by atoms with E-state index in [1.54, 1.807) is 18.2 Å². The molecule has 2 aromatic rings. The zero-order valence-electron chi connectivity index (χ0n) is 8.78. The number of alkyl halides is 3. The van der Waals surface area contributed by atoms with E-state index in [1.807, 2.05) is 22.6 Å². The lowest BCUT2D eigenvalue weighted by Crippen LogP contribution is -2.13. The molecule has 18 heavy (non-hydrogen) atoms. The number of carbonyl (C=O) groups is 1. The predicted octanol–water partition coefficient (Wildman–Crippen LogP) is 3.31. The second-order valence-corrected chi connectivity index (χ2v) is 4.71. The van der Waals surface area contributed by atoms with Gasteiger partial charge in [-0.15, -0.1) is 0 Å². The molecule has 0 saturated carbocycles. The molecule has 1 aromatic heterocycles. The van der Waals surface area contributed by atoms with Crippen LogP contribution in [0.3, 0.4) is 0 Å². The molecule has 0 aliphatic heterocycles. The lowest BCUT2D eigenvalue weighted by atomic mass is 10.3. The van der Waals surface area contributed by atoms with Gasteiger partial charge in [0.2, 0.25) is 0 Å². The van der Waals surface area contributed by atoms with Crippen LogP contribution in [0.5, 0.6) is 0 Å². The molecule has 0 fully saturated rings. The van der Waals surface area contributed by atoms with Crippen molar-refractivity contribution in [3.05, 3.63) is 45.3 Å². The zero-order chi connectivity index (χ0) is 13.3. The molecular weight excluding hydrogens is 360 g/mol. The van der Waals surface area contributed by atoms with Crippen molar-refractivity contribution in [2.24, 2.45) is 0 Å². The highest BCUT2D eigenvalue weighted by Gasteiger charge is 2.36. The number of halogens is 4. The fourth-order valence-corrected chi connectivity index (χ4v) is 1.99. The van der Waals surface area contributed by atoms with Gasteiger partial charge in [-0.25, -0.2) is 4.68 Å². The van der Waals surface area contributed by atoms with Crippen molar-refractivity contribution in [1.29, 1.82) is 0 Å². The molecule has 0 aliphatic rings. The van der Waals surface area contributed by atoms with Gasteiger partial charge in [0.1, 0.15) is 11.4 Å². The van der Waals surface area contributed by atoms with Crippen molar-refractivity contribution in [3.63, 3.8) is 0 Å². The number of nitrogens with zero attached hydrogens (tertiary/aromatic N) is 2. The molecule has 0 atom stereocenters. The molecule has 3 nitrogen and oxygen atoms in total. The summed E-state index contributed by atoms with van der Waals surface area (Å²) in [6.07, 6.45) is -4.27. The molecule has 0 N–H and O–H groups in total. The second kappa shape index (κ2) is 4.71. The number of aldehydes is 1. The van der Waals surface area contributed by atoms with E-state index in [-0.39, 0.29) is 11.4 Å². The topological polar surface area (TPSA) is 34.9 Å². The third kappa shape index (κ3) is 2.55. The van der Waals surface area contributed by atoms with Crippen LogP contribution in [0.25, 0.3) is 5.69 Å². The van der Waals surface area contributed by atoms with Gasteiger partial charge in [-0.2, -0.15) is 18.3 Å². The highest BCUT2D eigenvalue weighted by Crippen LogP contribution is 2.31. The van der Waals surface area contributed by atoms with Crippen LogP contribution in [0.15, 0.2) is 30.3 Å². The molecule has 0 saturated heterocycles. The smallest absolute Gasteiger partial charge is 0.296 e. The summed E-state index contributed by atoms with van der Waals surface area (Å²) in [6.45, 7) is 0. The van der Waals surface area contributed by atoms with Crippen molar-refractivity contribution < 1.29 is 18.0 Å². The number of carbonyl (C=O) groups excluding carboxylic acids is 1. The first-order valence-electron chi connectivity index (χ1n) is 4.80. The number of benzene rings is 1. The molecule has 0 spiro atoms. The molecule has 0 bridgehead atoms. The van der Waals surface area contributed by atoms with Crippen LogP contribution < -0.4 is 0 Å². The first-order valence-corrected chi connectivity index (χ1v) is 5.88. The van der Waals surface area contributed by atoms with E-state index < -0.39 is 11.9 Å². The summed E-state index contributed by atoms with van der Waals surface area (Å²) >= 11 is 1.99. The first-order chi connectivity index (χ1) is 8.41. The monoisotopic (exact) mass is 366 g/mol. The molecule has 0 amide bonds. The number of hydrogen-bond donors (Lipinski definition) is 0. The Morgan fingerprint density at radius 3 is 2.56 bits per heavy atom. The van der Waals surface area contributed by atoms with Gasteiger partial charge in [-0.3, -0.25) is 4.79 Å². The van der Waals surface area contributed by atoms with E-state index >= 15 is 0 Å². The molecule has 0 unspecified atom stereocenters. The summed E-state index contributed by atoms with van der Waals surface area (Å²) in [6, 6.07) is 7.16. The lowest BCUT2D eigenvalue weighted by Gasteiger charge is -2.10. The maximum Gasteiger partial charge on any atom is 0.433 e. The molecular formula is C11H6F3IN2O. The minimum Gasteiger partial charge on any atom is -0.296 e. The summed E-state index contributed by atoms with van der Waals surface area (Å²) in [4.78, 5) is 10.6.